The number of nitrogens with one attached hydrogen (secondary N) is 2. The van der Waals surface area contributed by atoms with E-state index in [0.29, 0.717) is 0 Å². The van der Waals surface area contributed by atoms with Gasteiger partial charge in [0.2, 0.25) is 0 Å². The van der Waals surface area contributed by atoms with Gasteiger partial charge >= 0.3 is 0 Å². The summed E-state index contributed by atoms with van der Waals surface area (Å²) in [6.07, 6.45) is 1.12. The van der Waals surface area contributed by atoms with E-state index in [1.54, 1.807) is 0 Å². The van der Waals surface area contributed by atoms with Crippen molar-refractivity contribution in [1.82, 2.24) is 15.0 Å². The molecule has 0 fully saturated rings. The van der Waals surface area contributed by atoms with Gasteiger partial charge in [-0.25, -0.2) is 9.97 Å². The number of halogens is 2. The molecule has 0 aliphatic heterocycles. The topological polar surface area (TPSA) is 108 Å². The number of carbonyl (C=O) groups is 1. The van der Waals surface area contributed by atoms with Crippen molar-refractivity contribution in [3.63, 3.8) is 0 Å². The summed E-state index contributed by atoms with van der Waals surface area (Å²) in [4.78, 5) is 32.4. The molecular weight excluding hydrogens is 295 g/mol. The van der Waals surface area contributed by atoms with Crippen LogP contribution in [0.5, 0.6) is 5.88 Å². The van der Waals surface area contributed by atoms with E-state index < -0.39 is 17.3 Å². The van der Waals surface area contributed by atoms with Gasteiger partial charge in [-0.05, 0) is 0 Å². The number of anilines is 1. The molecule has 0 aromatic carbocycles. The highest BCUT2D eigenvalue weighted by molar-refractivity contribution is 6.43. The zero-order valence-electron chi connectivity index (χ0n) is 9.15. The Morgan fingerprint density at radius 3 is 2.74 bits per heavy atom. The fraction of sp³-hybridized carbons (Fsp3) is 0. The van der Waals surface area contributed by atoms with E-state index in [1.165, 1.54) is 0 Å². The summed E-state index contributed by atoms with van der Waals surface area (Å²) in [6, 6.07) is 2.11. The molecular formula is C10H6Cl2N4O3. The number of hydrogen-bond donors (Lipinski definition) is 3. The molecule has 2 aromatic rings. The number of H-pyrrole nitrogens is 1. The number of aromatic hydroxyl groups is 1. The van der Waals surface area contributed by atoms with E-state index in [2.05, 4.69) is 20.3 Å². The molecule has 19 heavy (non-hydrogen) atoms. The number of aromatic amines is 1. The predicted octanol–water partition coefficient (Wildman–Crippen LogP) is 1.43. The average molecular weight is 301 g/mol. The standard InChI is InChI=1S/C10H6Cl2N4O3/c11-7-8(12)13-3-14-9(7)16-10(19)4-1-5(17)15-6(18)2-4/h1-3H,(H2,15,17,18)(H,13,14,16,19). The Morgan fingerprint density at radius 1 is 1.32 bits per heavy atom. The van der Waals surface area contributed by atoms with Crippen molar-refractivity contribution >= 4 is 34.9 Å². The van der Waals surface area contributed by atoms with Crippen LogP contribution in [-0.4, -0.2) is 26.0 Å². The van der Waals surface area contributed by atoms with Crippen molar-refractivity contribution in [3.8, 4) is 5.88 Å². The fourth-order valence-electron chi connectivity index (χ4n) is 1.27. The van der Waals surface area contributed by atoms with Crippen molar-refractivity contribution in [3.05, 3.63) is 44.6 Å². The Labute approximate surface area is 116 Å². The van der Waals surface area contributed by atoms with Gasteiger partial charge in [0.1, 0.15) is 11.3 Å². The summed E-state index contributed by atoms with van der Waals surface area (Å²) >= 11 is 11.5. The monoisotopic (exact) mass is 300 g/mol. The molecule has 7 nitrogen and oxygen atoms in total. The minimum Gasteiger partial charge on any atom is -0.494 e. The van der Waals surface area contributed by atoms with Crippen LogP contribution in [-0.2, 0) is 0 Å². The first-order valence-electron chi connectivity index (χ1n) is 4.88. The van der Waals surface area contributed by atoms with Crippen LogP contribution >= 0.6 is 23.2 Å². The van der Waals surface area contributed by atoms with Gasteiger partial charge in [0.25, 0.3) is 11.5 Å². The van der Waals surface area contributed by atoms with Crippen LogP contribution in [0.1, 0.15) is 10.4 Å². The van der Waals surface area contributed by atoms with Gasteiger partial charge in [0, 0.05) is 12.1 Å². The Morgan fingerprint density at radius 2 is 2.05 bits per heavy atom. The molecule has 0 bridgehead atoms. The lowest BCUT2D eigenvalue weighted by atomic mass is 10.2. The third-order valence-corrected chi connectivity index (χ3v) is 2.81. The SMILES string of the molecule is O=C(Nc1ncnc(Cl)c1Cl)c1cc(O)[nH]c(=O)c1. The molecule has 0 radical (unpaired) electrons. The van der Waals surface area contributed by atoms with Gasteiger partial charge in [0.05, 0.1) is 5.56 Å². The third-order valence-electron chi connectivity index (χ3n) is 2.07. The minimum atomic E-state index is -0.668. The van der Waals surface area contributed by atoms with Crippen molar-refractivity contribution in [2.75, 3.05) is 5.32 Å². The molecule has 0 aliphatic rings. The number of carbonyl (C=O) groups excluding carboxylic acids is 1. The lowest BCUT2D eigenvalue weighted by Gasteiger charge is -2.06. The Kier molecular flexibility index (Phi) is 3.68. The van der Waals surface area contributed by atoms with Crippen molar-refractivity contribution < 1.29 is 9.90 Å². The van der Waals surface area contributed by atoms with Crippen molar-refractivity contribution in [2.45, 2.75) is 0 Å². The quantitative estimate of drug-likeness (QED) is 0.727. The van der Waals surface area contributed by atoms with Crippen molar-refractivity contribution in [2.24, 2.45) is 0 Å². The van der Waals surface area contributed by atoms with Gasteiger partial charge in [-0.2, -0.15) is 0 Å². The van der Waals surface area contributed by atoms with Crippen LogP contribution in [0.25, 0.3) is 0 Å². The second-order valence-corrected chi connectivity index (χ2v) is 4.14. The molecule has 0 saturated heterocycles. The lowest BCUT2D eigenvalue weighted by molar-refractivity contribution is 0.102. The summed E-state index contributed by atoms with van der Waals surface area (Å²) < 4.78 is 0. The predicted molar refractivity (Wildman–Crippen MR) is 68.7 cm³/mol. The Bertz CT molecular complexity index is 701. The summed E-state index contributed by atoms with van der Waals surface area (Å²) in [7, 11) is 0. The molecule has 3 N–H and O–H groups in total. The maximum atomic E-state index is 11.8. The molecule has 2 aromatic heterocycles. The molecule has 9 heteroatoms. The van der Waals surface area contributed by atoms with Gasteiger partial charge in [-0.3, -0.25) is 14.6 Å². The normalized spacial score (nSPS) is 10.2. The molecule has 0 spiro atoms. The molecule has 2 heterocycles. The minimum absolute atomic E-state index is 0.00596. The highest BCUT2D eigenvalue weighted by Gasteiger charge is 2.13. The highest BCUT2D eigenvalue weighted by atomic mass is 35.5. The smallest absolute Gasteiger partial charge is 0.257 e. The van der Waals surface area contributed by atoms with Crippen LogP contribution in [0, 0.1) is 0 Å². The van der Waals surface area contributed by atoms with Crippen LogP contribution in [0.4, 0.5) is 5.82 Å². The first-order chi connectivity index (χ1) is 8.97. The van der Waals surface area contributed by atoms with Crippen LogP contribution in [0.2, 0.25) is 10.2 Å². The molecule has 0 aliphatic carbocycles. The molecule has 0 saturated carbocycles. The van der Waals surface area contributed by atoms with Crippen LogP contribution in [0.3, 0.4) is 0 Å². The second-order valence-electron chi connectivity index (χ2n) is 3.40. The number of rotatable bonds is 2. The van der Waals surface area contributed by atoms with E-state index >= 15 is 0 Å². The van der Waals surface area contributed by atoms with E-state index in [0.717, 1.165) is 18.5 Å². The van der Waals surface area contributed by atoms with E-state index in [1.807, 2.05) is 0 Å². The molecule has 0 atom stereocenters. The summed E-state index contributed by atoms with van der Waals surface area (Å²) in [6.45, 7) is 0. The molecule has 2 rings (SSSR count). The van der Waals surface area contributed by atoms with E-state index in [4.69, 9.17) is 23.2 Å². The van der Waals surface area contributed by atoms with E-state index in [-0.39, 0.29) is 21.6 Å². The number of amides is 1. The Hall–Kier alpha value is -2.12. The molecule has 1 amide bonds. The van der Waals surface area contributed by atoms with E-state index in [9.17, 15) is 14.7 Å². The maximum absolute atomic E-state index is 11.8. The second kappa shape index (κ2) is 5.25. The summed E-state index contributed by atoms with van der Waals surface area (Å²) in [5, 5.41) is 11.5. The number of nitrogens with zero attached hydrogens (tertiary/aromatic N) is 2. The zero-order valence-corrected chi connectivity index (χ0v) is 10.7. The van der Waals surface area contributed by atoms with Crippen molar-refractivity contribution in [1.29, 1.82) is 0 Å². The summed E-state index contributed by atoms with van der Waals surface area (Å²) in [5.74, 6) is -1.09. The first-order valence-corrected chi connectivity index (χ1v) is 5.63. The van der Waals surface area contributed by atoms with Gasteiger partial charge in [-0.15, -0.1) is 0 Å². The molecule has 0 unspecified atom stereocenters. The van der Waals surface area contributed by atoms with Gasteiger partial charge in [0.15, 0.2) is 16.9 Å². The van der Waals surface area contributed by atoms with Crippen LogP contribution < -0.4 is 10.9 Å². The first kappa shape index (κ1) is 13.3. The number of aromatic nitrogens is 3. The average Bonchev–Trinajstić information content (AvgIpc) is 2.33. The van der Waals surface area contributed by atoms with Crippen LogP contribution in [0.15, 0.2) is 23.3 Å². The number of pyridine rings is 1. The third kappa shape index (κ3) is 3.01. The fourth-order valence-corrected chi connectivity index (χ4v) is 1.55. The Balaban J connectivity index is 2.31. The number of hydrogen-bond acceptors (Lipinski definition) is 5. The lowest BCUT2D eigenvalue weighted by Crippen LogP contribution is -2.17. The maximum Gasteiger partial charge on any atom is 0.257 e. The zero-order chi connectivity index (χ0) is 14.0. The largest absolute Gasteiger partial charge is 0.494 e. The van der Waals surface area contributed by atoms with Gasteiger partial charge in [-0.1, -0.05) is 23.2 Å². The summed E-state index contributed by atoms with van der Waals surface area (Å²) in [5.41, 5.74) is -0.663. The molecule has 98 valence electrons. The van der Waals surface area contributed by atoms with Gasteiger partial charge < -0.3 is 10.4 Å². The highest BCUT2D eigenvalue weighted by Crippen LogP contribution is 2.25.